The maximum atomic E-state index is 13.2. The number of ether oxygens (including phenoxy) is 1. The van der Waals surface area contributed by atoms with E-state index >= 15 is 0 Å². The van der Waals surface area contributed by atoms with E-state index in [1.54, 1.807) is 33.9 Å². The number of amides is 1. The smallest absolute Gasteiger partial charge is 0.380 e. The van der Waals surface area contributed by atoms with E-state index in [1.165, 1.54) is 33.6 Å². The topological polar surface area (TPSA) is 108 Å². The van der Waals surface area contributed by atoms with Crippen molar-refractivity contribution in [2.24, 2.45) is 7.05 Å². The van der Waals surface area contributed by atoms with Gasteiger partial charge < -0.3 is 10.1 Å². The second kappa shape index (κ2) is 8.27. The number of rotatable bonds is 6. The van der Waals surface area contributed by atoms with Gasteiger partial charge in [0.25, 0.3) is 11.7 Å². The summed E-state index contributed by atoms with van der Waals surface area (Å²) in [6.45, 7) is 4.34. The van der Waals surface area contributed by atoms with Gasteiger partial charge in [0.2, 0.25) is 0 Å². The van der Waals surface area contributed by atoms with Gasteiger partial charge in [-0.3, -0.25) is 14.3 Å². The van der Waals surface area contributed by atoms with Crippen molar-refractivity contribution in [3.63, 3.8) is 0 Å². The SMILES string of the molecule is Cc1cc(NC(=O)COC(=O)C(=O)c2c(C)nn(C)c2C)n(-c2ccc(F)cc2)n1. The number of esters is 1. The summed E-state index contributed by atoms with van der Waals surface area (Å²) >= 11 is 0. The van der Waals surface area contributed by atoms with Crippen LogP contribution in [0.15, 0.2) is 30.3 Å². The summed E-state index contributed by atoms with van der Waals surface area (Å²) in [6, 6.07) is 7.17. The lowest BCUT2D eigenvalue weighted by molar-refractivity contribution is -0.142. The Kier molecular flexibility index (Phi) is 5.77. The van der Waals surface area contributed by atoms with Gasteiger partial charge in [0.05, 0.1) is 22.6 Å². The summed E-state index contributed by atoms with van der Waals surface area (Å²) in [6.07, 6.45) is 0. The predicted molar refractivity (Wildman–Crippen MR) is 105 cm³/mol. The van der Waals surface area contributed by atoms with Crippen LogP contribution in [-0.2, 0) is 21.4 Å². The third-order valence-electron chi connectivity index (χ3n) is 4.43. The average Bonchev–Trinajstić information content (AvgIpc) is 3.18. The van der Waals surface area contributed by atoms with E-state index in [0.29, 0.717) is 28.6 Å². The van der Waals surface area contributed by atoms with Crippen LogP contribution in [0.3, 0.4) is 0 Å². The Hall–Kier alpha value is -3.82. The molecule has 0 saturated carbocycles. The highest BCUT2D eigenvalue weighted by Gasteiger charge is 2.26. The van der Waals surface area contributed by atoms with Crippen LogP contribution in [0, 0.1) is 26.6 Å². The molecule has 0 aliphatic heterocycles. The first-order chi connectivity index (χ1) is 14.2. The molecular formula is C20H20FN5O4. The zero-order valence-corrected chi connectivity index (χ0v) is 16.9. The van der Waals surface area contributed by atoms with Crippen LogP contribution < -0.4 is 5.32 Å². The molecule has 3 aromatic rings. The van der Waals surface area contributed by atoms with Crippen LogP contribution in [0.2, 0.25) is 0 Å². The summed E-state index contributed by atoms with van der Waals surface area (Å²) in [5, 5.41) is 10.9. The first kappa shape index (κ1) is 20.9. The minimum absolute atomic E-state index is 0.160. The highest BCUT2D eigenvalue weighted by Crippen LogP contribution is 2.18. The predicted octanol–water partition coefficient (Wildman–Crippen LogP) is 2.03. The molecule has 156 valence electrons. The van der Waals surface area contributed by atoms with Crippen LogP contribution in [0.5, 0.6) is 0 Å². The van der Waals surface area contributed by atoms with Crippen molar-refractivity contribution in [3.8, 4) is 5.69 Å². The molecule has 0 aliphatic carbocycles. The average molecular weight is 413 g/mol. The first-order valence-corrected chi connectivity index (χ1v) is 9.01. The Bertz CT molecular complexity index is 1130. The number of aromatic nitrogens is 4. The van der Waals surface area contributed by atoms with Gasteiger partial charge in [-0.15, -0.1) is 0 Å². The molecule has 0 bridgehead atoms. The van der Waals surface area contributed by atoms with Crippen molar-refractivity contribution in [2.45, 2.75) is 20.8 Å². The molecule has 2 aromatic heterocycles. The molecule has 1 aromatic carbocycles. The molecule has 0 saturated heterocycles. The van der Waals surface area contributed by atoms with Crippen LogP contribution in [-0.4, -0.2) is 43.8 Å². The van der Waals surface area contributed by atoms with Gasteiger partial charge in [0.1, 0.15) is 11.6 Å². The number of halogens is 1. The van der Waals surface area contributed by atoms with Crippen molar-refractivity contribution in [1.29, 1.82) is 0 Å². The van der Waals surface area contributed by atoms with Gasteiger partial charge in [0, 0.05) is 18.8 Å². The molecule has 0 spiro atoms. The second-order valence-electron chi connectivity index (χ2n) is 6.68. The molecule has 1 N–H and O–H groups in total. The minimum atomic E-state index is -1.15. The number of ketones is 1. The molecular weight excluding hydrogens is 393 g/mol. The van der Waals surface area contributed by atoms with Crippen LogP contribution >= 0.6 is 0 Å². The third kappa shape index (κ3) is 4.27. The summed E-state index contributed by atoms with van der Waals surface area (Å²) in [4.78, 5) is 36.7. The summed E-state index contributed by atoms with van der Waals surface area (Å²) in [5.41, 5.74) is 2.24. The van der Waals surface area contributed by atoms with E-state index in [4.69, 9.17) is 4.74 Å². The number of benzene rings is 1. The second-order valence-corrected chi connectivity index (χ2v) is 6.68. The molecule has 1 amide bonds. The summed E-state index contributed by atoms with van der Waals surface area (Å²) in [5.74, 6) is -2.75. The standard InChI is InChI=1S/C20H20FN5O4/c1-11-9-16(26(23-11)15-7-5-14(21)6-8-15)22-17(27)10-30-20(29)19(28)18-12(2)24-25(4)13(18)3/h5-9H,10H2,1-4H3,(H,22,27). The van der Waals surface area contributed by atoms with Crippen LogP contribution in [0.1, 0.15) is 27.4 Å². The van der Waals surface area contributed by atoms with E-state index in [9.17, 15) is 18.8 Å². The number of nitrogens with zero attached hydrogens (tertiary/aromatic N) is 4. The zero-order valence-electron chi connectivity index (χ0n) is 16.9. The molecule has 0 aliphatic rings. The largest absolute Gasteiger partial charge is 0.450 e. The number of carbonyl (C=O) groups is 3. The number of aryl methyl sites for hydroxylation is 3. The highest BCUT2D eigenvalue weighted by molar-refractivity contribution is 6.41. The normalized spacial score (nSPS) is 10.7. The maximum absolute atomic E-state index is 13.2. The number of hydrogen-bond acceptors (Lipinski definition) is 6. The Morgan fingerprint density at radius 2 is 1.77 bits per heavy atom. The maximum Gasteiger partial charge on any atom is 0.380 e. The van der Waals surface area contributed by atoms with E-state index in [-0.39, 0.29) is 5.56 Å². The molecule has 0 atom stereocenters. The molecule has 3 rings (SSSR count). The summed E-state index contributed by atoms with van der Waals surface area (Å²) < 4.78 is 20.9. The number of Topliss-reactive ketones (excluding diaryl/α,β-unsaturated/α-hetero) is 1. The van der Waals surface area contributed by atoms with E-state index in [0.717, 1.165) is 0 Å². The van der Waals surface area contributed by atoms with Crippen LogP contribution in [0.4, 0.5) is 10.2 Å². The minimum Gasteiger partial charge on any atom is -0.450 e. The van der Waals surface area contributed by atoms with Gasteiger partial charge in [-0.05, 0) is 45.0 Å². The number of hydrogen-bond donors (Lipinski definition) is 1. The van der Waals surface area contributed by atoms with Gasteiger partial charge in [-0.25, -0.2) is 13.9 Å². The number of anilines is 1. The Morgan fingerprint density at radius 1 is 1.10 bits per heavy atom. The molecule has 0 unspecified atom stereocenters. The fraction of sp³-hybridized carbons (Fsp3) is 0.250. The number of nitrogens with one attached hydrogen (secondary N) is 1. The third-order valence-corrected chi connectivity index (χ3v) is 4.43. The summed E-state index contributed by atoms with van der Waals surface area (Å²) in [7, 11) is 1.66. The Labute approximate surface area is 171 Å². The van der Waals surface area contributed by atoms with Gasteiger partial charge in [-0.2, -0.15) is 10.2 Å². The molecule has 0 radical (unpaired) electrons. The molecule has 0 fully saturated rings. The fourth-order valence-corrected chi connectivity index (χ4v) is 2.95. The van der Waals surface area contributed by atoms with Crippen molar-refractivity contribution < 1.29 is 23.5 Å². The van der Waals surface area contributed by atoms with Crippen molar-refractivity contribution in [2.75, 3.05) is 11.9 Å². The van der Waals surface area contributed by atoms with Crippen molar-refractivity contribution >= 4 is 23.5 Å². The molecule has 2 heterocycles. The lowest BCUT2D eigenvalue weighted by Crippen LogP contribution is -2.26. The van der Waals surface area contributed by atoms with E-state index in [1.807, 2.05) is 0 Å². The van der Waals surface area contributed by atoms with E-state index in [2.05, 4.69) is 15.5 Å². The first-order valence-electron chi connectivity index (χ1n) is 9.01. The molecule has 9 nitrogen and oxygen atoms in total. The van der Waals surface area contributed by atoms with E-state index < -0.39 is 30.1 Å². The van der Waals surface area contributed by atoms with Gasteiger partial charge in [0.15, 0.2) is 6.61 Å². The lowest BCUT2D eigenvalue weighted by atomic mass is 10.1. The molecule has 30 heavy (non-hydrogen) atoms. The molecule has 10 heteroatoms. The Balaban J connectivity index is 1.66. The fourth-order valence-electron chi connectivity index (χ4n) is 2.95. The Morgan fingerprint density at radius 3 is 2.37 bits per heavy atom. The quantitative estimate of drug-likeness (QED) is 0.376. The highest BCUT2D eigenvalue weighted by atomic mass is 19.1. The zero-order chi connectivity index (χ0) is 22.0. The number of carbonyl (C=O) groups excluding carboxylic acids is 3. The van der Waals surface area contributed by atoms with Crippen LogP contribution in [0.25, 0.3) is 5.69 Å². The van der Waals surface area contributed by atoms with Crippen molar-refractivity contribution in [3.05, 3.63) is 58.8 Å². The van der Waals surface area contributed by atoms with Gasteiger partial charge in [-0.1, -0.05) is 0 Å². The lowest BCUT2D eigenvalue weighted by Gasteiger charge is -2.09. The van der Waals surface area contributed by atoms with Gasteiger partial charge >= 0.3 is 5.97 Å². The monoisotopic (exact) mass is 413 g/mol. The van der Waals surface area contributed by atoms with Crippen molar-refractivity contribution in [1.82, 2.24) is 19.6 Å².